The Bertz CT molecular complexity index is 1020. The number of carbonyl (C=O) groups is 3. The van der Waals surface area contributed by atoms with Gasteiger partial charge in [0.1, 0.15) is 11.4 Å². The molecule has 2 aromatic rings. The van der Waals surface area contributed by atoms with E-state index >= 15 is 0 Å². The number of benzene rings is 1. The summed E-state index contributed by atoms with van der Waals surface area (Å²) in [7, 11) is 0. The Labute approximate surface area is 183 Å². The van der Waals surface area contributed by atoms with E-state index in [1.54, 1.807) is 18.5 Å². The molecule has 1 aromatic carbocycles. The Morgan fingerprint density at radius 2 is 1.87 bits per heavy atom. The van der Waals surface area contributed by atoms with Crippen molar-refractivity contribution in [2.24, 2.45) is 0 Å². The van der Waals surface area contributed by atoms with Crippen LogP contribution >= 0.6 is 0 Å². The molecule has 0 atom stereocenters. The summed E-state index contributed by atoms with van der Waals surface area (Å²) >= 11 is 0. The van der Waals surface area contributed by atoms with Crippen molar-refractivity contribution >= 4 is 23.7 Å². The van der Waals surface area contributed by atoms with Crippen molar-refractivity contribution in [3.8, 4) is 5.69 Å². The van der Waals surface area contributed by atoms with Gasteiger partial charge in [-0.05, 0) is 38.8 Å². The molecule has 1 aliphatic rings. The second-order valence-corrected chi connectivity index (χ2v) is 9.53. The number of hydrogen-bond acceptors (Lipinski definition) is 4. The van der Waals surface area contributed by atoms with Gasteiger partial charge in [0.05, 0.1) is 11.4 Å². The third kappa shape index (κ3) is 4.78. The number of anilines is 1. The van der Waals surface area contributed by atoms with E-state index in [0.717, 1.165) is 16.9 Å². The molecule has 31 heavy (non-hydrogen) atoms. The van der Waals surface area contributed by atoms with Gasteiger partial charge in [-0.25, -0.2) is 9.48 Å². The number of nitrogens with zero attached hydrogens (tertiary/aromatic N) is 3. The van der Waals surface area contributed by atoms with Crippen LogP contribution in [0.25, 0.3) is 5.69 Å². The third-order valence-electron chi connectivity index (χ3n) is 5.32. The summed E-state index contributed by atoms with van der Waals surface area (Å²) in [5.41, 5.74) is 1.73. The largest absolute Gasteiger partial charge is 0.325 e. The molecule has 1 fully saturated rings. The number of urea groups is 1. The summed E-state index contributed by atoms with van der Waals surface area (Å²) in [5.74, 6) is 0.132. The molecular formula is C23H31N5O3. The minimum absolute atomic E-state index is 0.177. The monoisotopic (exact) mass is 425 g/mol. The van der Waals surface area contributed by atoms with E-state index in [-0.39, 0.29) is 30.2 Å². The van der Waals surface area contributed by atoms with E-state index in [2.05, 4.69) is 31.4 Å². The van der Waals surface area contributed by atoms with Crippen LogP contribution < -0.4 is 10.6 Å². The third-order valence-corrected chi connectivity index (χ3v) is 5.32. The number of carbonyl (C=O) groups excluding carboxylic acids is 3. The van der Waals surface area contributed by atoms with Crippen molar-refractivity contribution in [2.45, 2.75) is 65.3 Å². The summed E-state index contributed by atoms with van der Waals surface area (Å²) in [6, 6.07) is 9.34. The second-order valence-electron chi connectivity index (χ2n) is 9.53. The first-order chi connectivity index (χ1) is 14.4. The summed E-state index contributed by atoms with van der Waals surface area (Å²) in [6.45, 7) is 11.7. The van der Waals surface area contributed by atoms with E-state index in [1.165, 1.54) is 4.90 Å². The van der Waals surface area contributed by atoms with Crippen molar-refractivity contribution in [3.63, 3.8) is 0 Å². The minimum Gasteiger partial charge on any atom is -0.324 e. The Hall–Kier alpha value is -3.16. The molecule has 1 saturated heterocycles. The van der Waals surface area contributed by atoms with Crippen LogP contribution in [0.2, 0.25) is 0 Å². The quantitative estimate of drug-likeness (QED) is 0.692. The summed E-state index contributed by atoms with van der Waals surface area (Å²) in [5, 5.41) is 10.3. The molecule has 3 rings (SSSR count). The number of hydrogen-bond donors (Lipinski definition) is 2. The molecule has 2 N–H and O–H groups in total. The van der Waals surface area contributed by atoms with Crippen LogP contribution in [0.5, 0.6) is 0 Å². The number of amides is 4. The van der Waals surface area contributed by atoms with Crippen molar-refractivity contribution < 1.29 is 14.4 Å². The molecule has 0 spiro atoms. The Morgan fingerprint density at radius 3 is 2.45 bits per heavy atom. The number of para-hydroxylation sites is 1. The number of aromatic nitrogens is 2. The van der Waals surface area contributed by atoms with Crippen molar-refractivity contribution in [1.29, 1.82) is 0 Å². The molecule has 0 aliphatic carbocycles. The number of aryl methyl sites for hydroxylation is 1. The smallest absolute Gasteiger partial charge is 0.324 e. The van der Waals surface area contributed by atoms with Crippen LogP contribution in [-0.4, -0.2) is 44.6 Å². The molecule has 0 saturated carbocycles. The Balaban J connectivity index is 1.71. The summed E-state index contributed by atoms with van der Waals surface area (Å²) < 4.78 is 1.76. The molecule has 0 radical (unpaired) electrons. The topological polar surface area (TPSA) is 96.3 Å². The molecule has 166 valence electrons. The van der Waals surface area contributed by atoms with Crippen molar-refractivity contribution in [1.82, 2.24) is 20.0 Å². The lowest BCUT2D eigenvalue weighted by Gasteiger charge is -2.16. The average molecular weight is 426 g/mol. The van der Waals surface area contributed by atoms with E-state index < -0.39 is 11.6 Å². The van der Waals surface area contributed by atoms with Gasteiger partial charge in [0.25, 0.3) is 5.91 Å². The number of imide groups is 1. The predicted octanol–water partition coefficient (Wildman–Crippen LogP) is 3.53. The van der Waals surface area contributed by atoms with Gasteiger partial charge < -0.3 is 10.6 Å². The molecule has 2 heterocycles. The SMILES string of the molecule is Cc1ccccc1-n1nc(C(C)(C)C)cc1NC(=O)CCCN1C(=O)NC(C)(C)C1=O. The van der Waals surface area contributed by atoms with Gasteiger partial charge >= 0.3 is 6.03 Å². The molecule has 0 bridgehead atoms. The van der Waals surface area contributed by atoms with Gasteiger partial charge in [-0.1, -0.05) is 39.0 Å². The first-order valence-electron chi connectivity index (χ1n) is 10.5. The Morgan fingerprint density at radius 1 is 1.19 bits per heavy atom. The van der Waals surface area contributed by atoms with E-state index in [4.69, 9.17) is 5.10 Å². The number of rotatable bonds is 6. The molecule has 1 aromatic heterocycles. The zero-order valence-electron chi connectivity index (χ0n) is 19.1. The lowest BCUT2D eigenvalue weighted by atomic mass is 9.92. The second kappa shape index (κ2) is 8.17. The zero-order chi connectivity index (χ0) is 23.0. The van der Waals surface area contributed by atoms with Gasteiger partial charge in [-0.3, -0.25) is 14.5 Å². The van der Waals surface area contributed by atoms with E-state index in [9.17, 15) is 14.4 Å². The fourth-order valence-electron chi connectivity index (χ4n) is 3.45. The first-order valence-corrected chi connectivity index (χ1v) is 10.5. The highest BCUT2D eigenvalue weighted by molar-refractivity contribution is 6.06. The van der Waals surface area contributed by atoms with Crippen LogP contribution in [0.15, 0.2) is 30.3 Å². The maximum absolute atomic E-state index is 12.6. The van der Waals surface area contributed by atoms with Crippen LogP contribution in [0.1, 0.15) is 58.7 Å². The van der Waals surface area contributed by atoms with Crippen LogP contribution in [0.4, 0.5) is 10.6 Å². The lowest BCUT2D eigenvalue weighted by Crippen LogP contribution is -2.40. The summed E-state index contributed by atoms with van der Waals surface area (Å²) in [4.78, 5) is 38.1. The lowest BCUT2D eigenvalue weighted by molar-refractivity contribution is -0.130. The van der Waals surface area contributed by atoms with Gasteiger partial charge in [-0.2, -0.15) is 5.10 Å². The van der Waals surface area contributed by atoms with Crippen molar-refractivity contribution in [2.75, 3.05) is 11.9 Å². The van der Waals surface area contributed by atoms with Gasteiger partial charge in [0.2, 0.25) is 5.91 Å². The fourth-order valence-corrected chi connectivity index (χ4v) is 3.45. The molecule has 1 aliphatic heterocycles. The molecular weight excluding hydrogens is 394 g/mol. The van der Waals surface area contributed by atoms with Crippen LogP contribution in [0.3, 0.4) is 0 Å². The highest BCUT2D eigenvalue weighted by Crippen LogP contribution is 2.27. The Kier molecular flexibility index (Phi) is 5.93. The van der Waals surface area contributed by atoms with Gasteiger partial charge in [0, 0.05) is 24.4 Å². The summed E-state index contributed by atoms with van der Waals surface area (Å²) in [6.07, 6.45) is 0.562. The van der Waals surface area contributed by atoms with Crippen molar-refractivity contribution in [3.05, 3.63) is 41.6 Å². The van der Waals surface area contributed by atoms with Crippen LogP contribution in [-0.2, 0) is 15.0 Å². The van der Waals surface area contributed by atoms with E-state index in [1.807, 2.05) is 37.3 Å². The molecule has 8 heteroatoms. The minimum atomic E-state index is -0.900. The first kappa shape index (κ1) is 22.5. The molecule has 0 unspecified atom stereocenters. The maximum atomic E-state index is 12.6. The van der Waals surface area contributed by atoms with Gasteiger partial charge in [-0.15, -0.1) is 0 Å². The normalized spacial score (nSPS) is 15.9. The zero-order valence-corrected chi connectivity index (χ0v) is 19.1. The highest BCUT2D eigenvalue weighted by atomic mass is 16.2. The predicted molar refractivity (Wildman–Crippen MR) is 119 cm³/mol. The van der Waals surface area contributed by atoms with Crippen LogP contribution in [0, 0.1) is 6.92 Å². The van der Waals surface area contributed by atoms with E-state index in [0.29, 0.717) is 12.2 Å². The van der Waals surface area contributed by atoms with Gasteiger partial charge in [0.15, 0.2) is 0 Å². The molecule has 4 amide bonds. The average Bonchev–Trinajstić information content (AvgIpc) is 3.16. The number of nitrogens with one attached hydrogen (secondary N) is 2. The fraction of sp³-hybridized carbons (Fsp3) is 0.478. The standard InChI is InChI=1S/C23H31N5O3/c1-15-10-7-8-11-16(15)28-18(14-17(26-28)22(2,3)4)24-19(29)12-9-13-27-20(30)23(5,6)25-21(27)31/h7-8,10-11,14H,9,12-13H2,1-6H3,(H,24,29)(H,25,31). The highest BCUT2D eigenvalue weighted by Gasteiger charge is 2.43. The maximum Gasteiger partial charge on any atom is 0.325 e. The molecule has 8 nitrogen and oxygen atoms in total.